The van der Waals surface area contributed by atoms with Gasteiger partial charge in [0.1, 0.15) is 0 Å². The zero-order valence-corrected chi connectivity index (χ0v) is 9.21. The summed E-state index contributed by atoms with van der Waals surface area (Å²) in [6.07, 6.45) is 0.242. The SMILES string of the molecule is CNC(=O)CCN1CC(O)C(C)(C)C1. The van der Waals surface area contributed by atoms with Crippen LogP contribution in [0.5, 0.6) is 0 Å². The van der Waals surface area contributed by atoms with Crippen molar-refractivity contribution in [2.45, 2.75) is 26.4 Å². The monoisotopic (exact) mass is 200 g/mol. The number of hydrogen-bond acceptors (Lipinski definition) is 3. The van der Waals surface area contributed by atoms with Gasteiger partial charge in [-0.2, -0.15) is 0 Å². The minimum absolute atomic E-state index is 0.0390. The average Bonchev–Trinajstić information content (AvgIpc) is 2.37. The van der Waals surface area contributed by atoms with Crippen LogP contribution in [0, 0.1) is 5.41 Å². The molecule has 4 heteroatoms. The third-order valence-corrected chi connectivity index (χ3v) is 2.90. The van der Waals surface area contributed by atoms with Crippen LogP contribution in [0.15, 0.2) is 0 Å². The molecule has 2 N–H and O–H groups in total. The summed E-state index contributed by atoms with van der Waals surface area (Å²) in [7, 11) is 1.64. The summed E-state index contributed by atoms with van der Waals surface area (Å²) in [6, 6.07) is 0. The lowest BCUT2D eigenvalue weighted by molar-refractivity contribution is -0.120. The molecule has 1 saturated heterocycles. The van der Waals surface area contributed by atoms with Crippen LogP contribution in [-0.4, -0.2) is 48.7 Å². The molecule has 0 bridgehead atoms. The van der Waals surface area contributed by atoms with E-state index in [4.69, 9.17) is 0 Å². The molecule has 1 heterocycles. The van der Waals surface area contributed by atoms with Crippen molar-refractivity contribution in [1.82, 2.24) is 10.2 Å². The van der Waals surface area contributed by atoms with E-state index in [0.29, 0.717) is 13.0 Å². The summed E-state index contributed by atoms with van der Waals surface area (Å²) in [5.41, 5.74) is -0.0390. The predicted molar refractivity (Wildman–Crippen MR) is 54.9 cm³/mol. The van der Waals surface area contributed by atoms with Gasteiger partial charge in [-0.15, -0.1) is 0 Å². The molecule has 0 saturated carbocycles. The van der Waals surface area contributed by atoms with Crippen molar-refractivity contribution < 1.29 is 9.90 Å². The molecule has 1 amide bonds. The van der Waals surface area contributed by atoms with Crippen LogP contribution in [0.25, 0.3) is 0 Å². The Morgan fingerprint density at radius 3 is 2.71 bits per heavy atom. The van der Waals surface area contributed by atoms with Gasteiger partial charge in [0.05, 0.1) is 6.10 Å². The Labute approximate surface area is 85.3 Å². The Bertz CT molecular complexity index is 216. The molecule has 1 aliphatic heterocycles. The van der Waals surface area contributed by atoms with E-state index >= 15 is 0 Å². The fourth-order valence-electron chi connectivity index (χ4n) is 1.79. The lowest BCUT2D eigenvalue weighted by atomic mass is 9.90. The van der Waals surface area contributed by atoms with Crippen molar-refractivity contribution in [3.05, 3.63) is 0 Å². The normalized spacial score (nSPS) is 26.4. The Morgan fingerprint density at radius 2 is 2.29 bits per heavy atom. The van der Waals surface area contributed by atoms with E-state index in [1.165, 1.54) is 0 Å². The summed E-state index contributed by atoms with van der Waals surface area (Å²) < 4.78 is 0. The number of rotatable bonds is 3. The highest BCUT2D eigenvalue weighted by molar-refractivity contribution is 5.75. The van der Waals surface area contributed by atoms with Gasteiger partial charge in [0, 0.05) is 38.5 Å². The zero-order chi connectivity index (χ0) is 10.8. The fourth-order valence-corrected chi connectivity index (χ4v) is 1.79. The number of β-amino-alcohol motifs (C(OH)–C–C–N with tert-alkyl or cyclic N) is 1. The van der Waals surface area contributed by atoms with Crippen molar-refractivity contribution in [2.75, 3.05) is 26.7 Å². The first kappa shape index (κ1) is 11.5. The molecule has 0 aromatic heterocycles. The number of carbonyl (C=O) groups excluding carboxylic acids is 1. The van der Waals surface area contributed by atoms with Crippen LogP contribution in [0.4, 0.5) is 0 Å². The van der Waals surface area contributed by atoms with Crippen LogP contribution in [0.1, 0.15) is 20.3 Å². The maximum atomic E-state index is 11.0. The quantitative estimate of drug-likeness (QED) is 0.665. The summed E-state index contributed by atoms with van der Waals surface area (Å²) in [5, 5.41) is 12.3. The third kappa shape index (κ3) is 2.69. The molecule has 0 radical (unpaired) electrons. The number of aliphatic hydroxyl groups is 1. The van der Waals surface area contributed by atoms with Crippen LogP contribution in [0.2, 0.25) is 0 Å². The fraction of sp³-hybridized carbons (Fsp3) is 0.900. The highest BCUT2D eigenvalue weighted by Crippen LogP contribution is 2.29. The number of hydrogen-bond donors (Lipinski definition) is 2. The molecule has 1 aliphatic rings. The molecule has 1 unspecified atom stereocenters. The van der Waals surface area contributed by atoms with Crippen LogP contribution >= 0.6 is 0 Å². The van der Waals surface area contributed by atoms with Crippen molar-refractivity contribution in [1.29, 1.82) is 0 Å². The molecule has 0 aliphatic carbocycles. The van der Waals surface area contributed by atoms with Gasteiger partial charge < -0.3 is 10.4 Å². The van der Waals surface area contributed by atoms with Gasteiger partial charge in [0.15, 0.2) is 0 Å². The summed E-state index contributed by atoms with van der Waals surface area (Å²) in [4.78, 5) is 13.1. The molecule has 14 heavy (non-hydrogen) atoms. The van der Waals surface area contributed by atoms with Gasteiger partial charge in [-0.25, -0.2) is 0 Å². The molecule has 82 valence electrons. The molecule has 4 nitrogen and oxygen atoms in total. The van der Waals surface area contributed by atoms with E-state index in [9.17, 15) is 9.90 Å². The minimum Gasteiger partial charge on any atom is -0.391 e. The Kier molecular flexibility index (Phi) is 3.50. The molecule has 1 atom stereocenters. The van der Waals surface area contributed by atoms with Crippen molar-refractivity contribution in [2.24, 2.45) is 5.41 Å². The molecule has 1 fully saturated rings. The predicted octanol–water partition coefficient (Wildman–Crippen LogP) is -0.175. The topological polar surface area (TPSA) is 52.6 Å². The summed E-state index contributed by atoms with van der Waals surface area (Å²) >= 11 is 0. The van der Waals surface area contributed by atoms with Crippen LogP contribution in [-0.2, 0) is 4.79 Å². The van der Waals surface area contributed by atoms with Crippen molar-refractivity contribution in [3.63, 3.8) is 0 Å². The standard InChI is InChI=1S/C10H20N2O2/c1-10(2)7-12(6-8(10)13)5-4-9(14)11-3/h8,13H,4-7H2,1-3H3,(H,11,14). The number of aliphatic hydroxyl groups excluding tert-OH is 1. The van der Waals surface area contributed by atoms with E-state index in [-0.39, 0.29) is 17.4 Å². The van der Waals surface area contributed by atoms with Gasteiger partial charge in [-0.3, -0.25) is 9.69 Å². The molecular weight excluding hydrogens is 180 g/mol. The summed E-state index contributed by atoms with van der Waals surface area (Å²) in [5.74, 6) is 0.0594. The number of nitrogens with one attached hydrogen (secondary N) is 1. The number of carbonyl (C=O) groups is 1. The van der Waals surface area contributed by atoms with Crippen LogP contribution < -0.4 is 5.32 Å². The average molecular weight is 200 g/mol. The molecule has 0 spiro atoms. The van der Waals surface area contributed by atoms with Gasteiger partial charge >= 0.3 is 0 Å². The highest BCUT2D eigenvalue weighted by atomic mass is 16.3. The Morgan fingerprint density at radius 1 is 1.64 bits per heavy atom. The van der Waals surface area contributed by atoms with Gasteiger partial charge in [0.2, 0.25) is 5.91 Å². The maximum absolute atomic E-state index is 11.0. The van der Waals surface area contributed by atoms with E-state index in [1.807, 2.05) is 0 Å². The van der Waals surface area contributed by atoms with Gasteiger partial charge in [-0.05, 0) is 0 Å². The third-order valence-electron chi connectivity index (χ3n) is 2.90. The first-order chi connectivity index (χ1) is 6.45. The first-order valence-corrected chi connectivity index (χ1v) is 5.07. The van der Waals surface area contributed by atoms with E-state index in [1.54, 1.807) is 7.05 Å². The van der Waals surface area contributed by atoms with Gasteiger partial charge in [0.25, 0.3) is 0 Å². The number of likely N-dealkylation sites (tertiary alicyclic amines) is 1. The summed E-state index contributed by atoms with van der Waals surface area (Å²) in [6.45, 7) is 6.39. The smallest absolute Gasteiger partial charge is 0.221 e. The van der Waals surface area contributed by atoms with Crippen molar-refractivity contribution in [3.8, 4) is 0 Å². The Hall–Kier alpha value is -0.610. The molecule has 0 aromatic carbocycles. The van der Waals surface area contributed by atoms with Gasteiger partial charge in [-0.1, -0.05) is 13.8 Å². The number of nitrogens with zero attached hydrogens (tertiary/aromatic N) is 1. The highest BCUT2D eigenvalue weighted by Gasteiger charge is 2.37. The maximum Gasteiger partial charge on any atom is 0.221 e. The lowest BCUT2D eigenvalue weighted by Crippen LogP contribution is -2.29. The molecule has 0 aromatic rings. The first-order valence-electron chi connectivity index (χ1n) is 5.07. The largest absolute Gasteiger partial charge is 0.391 e. The second-order valence-electron chi connectivity index (χ2n) is 4.66. The van der Waals surface area contributed by atoms with E-state index in [0.717, 1.165) is 13.1 Å². The molecule has 1 rings (SSSR count). The number of amides is 1. The molecular formula is C10H20N2O2. The van der Waals surface area contributed by atoms with E-state index in [2.05, 4.69) is 24.1 Å². The van der Waals surface area contributed by atoms with Crippen LogP contribution in [0.3, 0.4) is 0 Å². The van der Waals surface area contributed by atoms with Crippen molar-refractivity contribution >= 4 is 5.91 Å². The second-order valence-corrected chi connectivity index (χ2v) is 4.66. The lowest BCUT2D eigenvalue weighted by Gasteiger charge is -2.21. The Balaban J connectivity index is 2.32. The zero-order valence-electron chi connectivity index (χ0n) is 9.21. The van der Waals surface area contributed by atoms with E-state index < -0.39 is 0 Å². The second kappa shape index (κ2) is 4.28. The minimum atomic E-state index is -0.271.